The van der Waals surface area contributed by atoms with E-state index in [0.717, 1.165) is 0 Å². The van der Waals surface area contributed by atoms with Gasteiger partial charge in [0.25, 0.3) is 0 Å². The van der Waals surface area contributed by atoms with E-state index in [1.807, 2.05) is 0 Å². The van der Waals surface area contributed by atoms with Crippen molar-refractivity contribution in [1.82, 2.24) is 8.61 Å². The molecule has 0 saturated heterocycles. The van der Waals surface area contributed by atoms with E-state index in [0.29, 0.717) is 0 Å². The third kappa shape index (κ3) is 10.7. The van der Waals surface area contributed by atoms with Gasteiger partial charge in [-0.25, -0.2) is 13.2 Å². The highest BCUT2D eigenvalue weighted by Gasteiger charge is 2.97. The molecule has 0 aromatic rings. The lowest BCUT2D eigenvalue weighted by Gasteiger charge is -2.45. The fraction of sp³-hybridized carbons (Fsp3) is 1.00. The maximum Gasteiger partial charge on any atom is 0.473 e. The van der Waals surface area contributed by atoms with Gasteiger partial charge in [0.05, 0.1) is 0 Å². The van der Waals surface area contributed by atoms with Crippen LogP contribution in [0, 0.1) is 0 Å². The Balaban J connectivity index is 8.30. The number of hydrogen-bond acceptors (Lipinski definition) is 7. The number of alkyl halides is 34. The maximum absolute atomic E-state index is 15.3. The van der Waals surface area contributed by atoms with Gasteiger partial charge >= 0.3 is 103 Å². The van der Waals surface area contributed by atoms with Crippen LogP contribution in [0.4, 0.5) is 149 Å². The van der Waals surface area contributed by atoms with Crippen molar-refractivity contribution in [2.75, 3.05) is 26.2 Å². The monoisotopic (exact) mass is 1200 g/mol. The van der Waals surface area contributed by atoms with Crippen molar-refractivity contribution in [2.24, 2.45) is 0 Å². The van der Waals surface area contributed by atoms with E-state index >= 15 is 17.6 Å². The van der Waals surface area contributed by atoms with Gasteiger partial charge in [0.15, 0.2) is 12.2 Å². The Labute approximate surface area is 372 Å². The molecule has 4 unspecified atom stereocenters. The molecule has 10 nitrogen and oxygen atoms in total. The van der Waals surface area contributed by atoms with E-state index in [-0.39, 0.29) is 13.8 Å². The summed E-state index contributed by atoms with van der Waals surface area (Å²) < 4.78 is 535. The number of phosphoric ester groups is 1. The van der Waals surface area contributed by atoms with Gasteiger partial charge in [-0.15, -0.1) is 0 Å². The van der Waals surface area contributed by atoms with Gasteiger partial charge in [-0.1, -0.05) is 13.8 Å². The summed E-state index contributed by atoms with van der Waals surface area (Å²) in [6, 6.07) is 0. The summed E-state index contributed by atoms with van der Waals surface area (Å²) in [5.41, 5.74) is 0. The van der Waals surface area contributed by atoms with Gasteiger partial charge in [-0.3, -0.25) is 17.5 Å². The highest BCUT2D eigenvalue weighted by atomic mass is 32.2. The first-order chi connectivity index (χ1) is 30.4. The zero-order valence-electron chi connectivity index (χ0n) is 32.3. The Morgan fingerprint density at radius 2 is 0.563 bits per heavy atom. The average molecular weight is 1200 g/mol. The molecule has 428 valence electrons. The smallest absolute Gasteiger partial charge is 0.473 e. The second kappa shape index (κ2) is 19.8. The molecule has 0 aliphatic heterocycles. The molecule has 0 bridgehead atoms. The fourth-order valence-corrected chi connectivity index (χ4v) is 6.52. The first kappa shape index (κ1) is 68.9. The van der Waals surface area contributed by atoms with Crippen molar-refractivity contribution in [3.05, 3.63) is 0 Å². The Kier molecular flexibility index (Phi) is 19.2. The summed E-state index contributed by atoms with van der Waals surface area (Å²) >= 11 is -9.19. The van der Waals surface area contributed by atoms with Gasteiger partial charge in [-0.05, 0) is 0 Å². The number of halogens is 34. The van der Waals surface area contributed by atoms with Crippen LogP contribution in [0.1, 0.15) is 13.8 Å². The van der Waals surface area contributed by atoms with E-state index in [9.17, 15) is 159 Å². The van der Waals surface area contributed by atoms with E-state index in [4.69, 9.17) is 0 Å². The lowest BCUT2D eigenvalue weighted by molar-refractivity contribution is -0.464. The number of hydrogen-bond donors (Lipinski definition) is 1. The fourth-order valence-electron chi connectivity index (χ4n) is 4.49. The van der Waals surface area contributed by atoms with Crippen molar-refractivity contribution >= 4 is 30.4 Å². The molecule has 0 aliphatic rings. The number of phosphoric acid groups is 1. The molecule has 0 rings (SSSR count). The van der Waals surface area contributed by atoms with Crippen LogP contribution in [0.3, 0.4) is 0 Å². The van der Waals surface area contributed by atoms with Crippen LogP contribution < -0.4 is 0 Å². The molecule has 0 fully saturated rings. The van der Waals surface area contributed by atoms with Crippen LogP contribution in [0.2, 0.25) is 0 Å². The molecule has 0 aromatic heterocycles. The van der Waals surface area contributed by atoms with Crippen molar-refractivity contribution in [3.8, 4) is 0 Å². The third-order valence-corrected chi connectivity index (χ3v) is 11.4. The first-order valence-corrected chi connectivity index (χ1v) is 19.8. The maximum atomic E-state index is 15.3. The molecule has 0 saturated carbocycles. The zero-order chi connectivity index (χ0) is 58.2. The molecule has 4 atom stereocenters. The highest BCUT2D eigenvalue weighted by Crippen LogP contribution is 2.67. The molecule has 1 N–H and O–H groups in total. The third-order valence-electron chi connectivity index (χ3n) is 8.69. The Bertz CT molecular complexity index is 1830. The summed E-state index contributed by atoms with van der Waals surface area (Å²) in [5, 5.41) is 0. The van der Waals surface area contributed by atoms with Crippen LogP contribution in [0.5, 0.6) is 0 Å². The molecule has 0 heterocycles. The lowest BCUT2D eigenvalue weighted by Crippen LogP contribution is -2.75. The SMILES string of the molecule is CCN(CC(OP(=O)(O)OC(CN(CC)S(=O)[O-])C(F)(F)C(F)(F)C(F)(F)C(F)(F)C(F)(F)C(F)(F)C(F)(F)C(F)(F)F)C(F)(F)C(F)(F)C(F)(F)C(F)(F)C(F)(F)C(F)(F)C(F)(F)C(F)(F)F)S(=O)[O-]. The molecular weight excluding hydrogens is 1190 g/mol. The molecule has 71 heavy (non-hydrogen) atoms. The summed E-state index contributed by atoms with van der Waals surface area (Å²) in [4.78, 5) is 9.81. The minimum Gasteiger partial charge on any atom is -0.760 e. The van der Waals surface area contributed by atoms with Gasteiger partial charge < -0.3 is 14.0 Å². The largest absolute Gasteiger partial charge is 0.760 e. The zero-order valence-corrected chi connectivity index (χ0v) is 34.8. The summed E-state index contributed by atoms with van der Waals surface area (Å²) in [6.45, 7) is -10.2. The average Bonchev–Trinajstić information content (AvgIpc) is 3.15. The quantitative estimate of drug-likeness (QED) is 0.0513. The molecular formula is C24H17F34N2O8PS2-2. The van der Waals surface area contributed by atoms with Crippen molar-refractivity contribution in [3.63, 3.8) is 0 Å². The highest BCUT2D eigenvalue weighted by molar-refractivity contribution is 7.76. The number of likely N-dealkylation sites (N-methyl/N-ethyl adjacent to an activating group) is 2. The molecule has 0 amide bonds. The van der Waals surface area contributed by atoms with Gasteiger partial charge in [0.1, 0.15) is 0 Å². The molecule has 0 aliphatic carbocycles. The first-order valence-electron chi connectivity index (χ1n) is 16.2. The standard InChI is InChI=1S/C24H19F34N2O8PS2/c1-3-59(70(63)64)5-7(9(25,26)11(29,30)13(33,34)15(37,38)17(41,42)19(45,46)21(49,50)23(53,54)55)67-69(61,62)68-8(6-60(4-2)71(65)66)10(27,28)12(31,32)14(35,36)16(39,40)18(43,44)20(47,48)22(51,52)24(56,57)58/h7-8H,3-6H2,1-2H3,(H,61,62)(H,63,64)(H,65,66)/p-2. The van der Waals surface area contributed by atoms with Crippen LogP contribution in [-0.2, 0) is 36.1 Å². The van der Waals surface area contributed by atoms with Crippen molar-refractivity contribution < 1.29 is 185 Å². The van der Waals surface area contributed by atoms with Gasteiger partial charge in [0.2, 0.25) is 0 Å². The molecule has 0 radical (unpaired) electrons. The molecule has 0 aromatic carbocycles. The minimum absolute atomic E-state index is 0.172. The summed E-state index contributed by atoms with van der Waals surface area (Å²) in [7, 11) is -8.65. The van der Waals surface area contributed by atoms with Crippen LogP contribution in [0.15, 0.2) is 0 Å². The predicted molar refractivity (Wildman–Crippen MR) is 153 cm³/mol. The van der Waals surface area contributed by atoms with Gasteiger partial charge in [-0.2, -0.15) is 149 Å². The second-order valence-electron chi connectivity index (χ2n) is 13.2. The normalized spacial score (nSPS) is 18.7. The van der Waals surface area contributed by atoms with Crippen LogP contribution >= 0.6 is 7.82 Å². The minimum atomic E-state index is -9.55. The summed E-state index contributed by atoms with van der Waals surface area (Å²) in [6.07, 6.45) is -28.4. The van der Waals surface area contributed by atoms with E-state index in [1.165, 1.54) is 0 Å². The van der Waals surface area contributed by atoms with Crippen molar-refractivity contribution in [2.45, 2.75) is 121 Å². The van der Waals surface area contributed by atoms with E-state index in [2.05, 4.69) is 9.05 Å². The Hall–Kier alpha value is -2.13. The van der Waals surface area contributed by atoms with E-state index in [1.54, 1.807) is 0 Å². The number of rotatable bonds is 26. The van der Waals surface area contributed by atoms with Crippen LogP contribution in [-0.4, -0.2) is 165 Å². The van der Waals surface area contributed by atoms with Crippen LogP contribution in [0.25, 0.3) is 0 Å². The lowest BCUT2D eigenvalue weighted by atomic mass is 9.87. The van der Waals surface area contributed by atoms with Gasteiger partial charge in [0, 0.05) is 48.7 Å². The topological polar surface area (TPSA) is 142 Å². The predicted octanol–water partition coefficient (Wildman–Crippen LogP) is 10.1. The number of nitrogens with zero attached hydrogens (tertiary/aromatic N) is 2. The van der Waals surface area contributed by atoms with E-state index < -0.39 is 173 Å². The van der Waals surface area contributed by atoms with Crippen molar-refractivity contribution in [1.29, 1.82) is 0 Å². The Morgan fingerprint density at radius 1 is 0.394 bits per heavy atom. The molecule has 47 heteroatoms. The second-order valence-corrected chi connectivity index (χ2v) is 16.4. The Morgan fingerprint density at radius 3 is 0.718 bits per heavy atom. The summed E-state index contributed by atoms with van der Waals surface area (Å²) in [5.74, 6) is -128. The molecule has 0 spiro atoms.